The highest BCUT2D eigenvalue weighted by Crippen LogP contribution is 2.31. The van der Waals surface area contributed by atoms with Crippen LogP contribution in [0, 0.1) is 0 Å². The molecule has 3 nitrogen and oxygen atoms in total. The monoisotopic (exact) mass is 277 g/mol. The van der Waals surface area contributed by atoms with E-state index in [0.717, 1.165) is 0 Å². The van der Waals surface area contributed by atoms with Crippen LogP contribution in [0.15, 0.2) is 36.7 Å². The van der Waals surface area contributed by atoms with E-state index in [9.17, 15) is 0 Å². The van der Waals surface area contributed by atoms with Crippen molar-refractivity contribution in [1.29, 1.82) is 0 Å². The van der Waals surface area contributed by atoms with Crippen LogP contribution in [0.3, 0.4) is 0 Å². The van der Waals surface area contributed by atoms with Crippen LogP contribution in [0.2, 0.25) is 5.02 Å². The number of halogens is 1. The second-order valence-corrected chi connectivity index (χ2v) is 5.63. The first-order valence-electron chi connectivity index (χ1n) is 5.65. The maximum atomic E-state index is 5.89. The Balaban J connectivity index is 2.09. The van der Waals surface area contributed by atoms with Crippen molar-refractivity contribution >= 4 is 33.0 Å². The maximum absolute atomic E-state index is 5.89. The number of rotatable bonds is 3. The van der Waals surface area contributed by atoms with E-state index in [0.29, 0.717) is 18.1 Å². The first-order valence-corrected chi connectivity index (χ1v) is 6.84. The molecule has 2 aromatic heterocycles. The van der Waals surface area contributed by atoms with Crippen molar-refractivity contribution in [3.05, 3.63) is 52.1 Å². The van der Waals surface area contributed by atoms with E-state index in [-0.39, 0.29) is 0 Å². The van der Waals surface area contributed by atoms with Crippen molar-refractivity contribution in [3.8, 4) is 0 Å². The molecule has 5 heteroatoms. The number of aromatic nitrogens is 2. The molecule has 0 spiro atoms. The highest BCUT2D eigenvalue weighted by molar-refractivity contribution is 7.19. The lowest BCUT2D eigenvalue weighted by Gasteiger charge is -2.03. The average molecular weight is 278 g/mol. The SMILES string of the molecule is NCc1sc2ccccc2c1Cn1cc(Cl)cn1. The normalized spacial score (nSPS) is 11.2. The van der Waals surface area contributed by atoms with Crippen LogP contribution in [-0.4, -0.2) is 9.78 Å². The lowest BCUT2D eigenvalue weighted by molar-refractivity contribution is 0.687. The molecule has 3 aromatic rings. The standard InChI is InChI=1S/C13H12ClN3S/c14-9-6-16-17(7-9)8-11-10-3-1-2-4-12(10)18-13(11)5-15/h1-4,6-7H,5,8,15H2. The van der Waals surface area contributed by atoms with E-state index in [1.165, 1.54) is 20.5 Å². The summed E-state index contributed by atoms with van der Waals surface area (Å²) in [4.78, 5) is 1.21. The molecule has 0 saturated carbocycles. The second kappa shape index (κ2) is 4.72. The predicted molar refractivity (Wildman–Crippen MR) is 76.1 cm³/mol. The minimum absolute atomic E-state index is 0.559. The fraction of sp³-hybridized carbons (Fsp3) is 0.154. The molecule has 3 rings (SSSR count). The predicted octanol–water partition coefficient (Wildman–Crippen LogP) is 3.26. The average Bonchev–Trinajstić information content (AvgIpc) is 2.94. The van der Waals surface area contributed by atoms with Gasteiger partial charge in [-0.05, 0) is 17.0 Å². The Morgan fingerprint density at radius 1 is 1.33 bits per heavy atom. The van der Waals surface area contributed by atoms with Crippen molar-refractivity contribution in [2.24, 2.45) is 5.73 Å². The van der Waals surface area contributed by atoms with E-state index in [2.05, 4.69) is 23.3 Å². The zero-order chi connectivity index (χ0) is 12.5. The molecular formula is C13H12ClN3S. The maximum Gasteiger partial charge on any atom is 0.0785 e. The summed E-state index contributed by atoms with van der Waals surface area (Å²) in [5.74, 6) is 0. The molecule has 2 N–H and O–H groups in total. The first kappa shape index (κ1) is 11.7. The summed E-state index contributed by atoms with van der Waals surface area (Å²) >= 11 is 7.64. The van der Waals surface area contributed by atoms with Crippen LogP contribution >= 0.6 is 22.9 Å². The van der Waals surface area contributed by atoms with Crippen LogP contribution in [0.5, 0.6) is 0 Å². The molecule has 0 aliphatic rings. The largest absolute Gasteiger partial charge is 0.326 e. The Bertz CT molecular complexity index is 686. The molecule has 0 unspecified atom stereocenters. The number of hydrogen-bond acceptors (Lipinski definition) is 3. The van der Waals surface area contributed by atoms with Gasteiger partial charge in [-0.2, -0.15) is 5.10 Å². The first-order chi connectivity index (χ1) is 8.78. The molecule has 0 aliphatic carbocycles. The molecule has 2 heterocycles. The van der Waals surface area contributed by atoms with Crippen LogP contribution in [-0.2, 0) is 13.1 Å². The number of hydrogen-bond donors (Lipinski definition) is 1. The van der Waals surface area contributed by atoms with Gasteiger partial charge in [0.05, 0.1) is 17.8 Å². The fourth-order valence-corrected chi connectivity index (χ4v) is 3.33. The van der Waals surface area contributed by atoms with Crippen LogP contribution in [0.1, 0.15) is 10.4 Å². The van der Waals surface area contributed by atoms with Gasteiger partial charge < -0.3 is 5.73 Å². The van der Waals surface area contributed by atoms with Crippen LogP contribution in [0.25, 0.3) is 10.1 Å². The van der Waals surface area contributed by atoms with E-state index in [1.807, 2.05) is 16.9 Å². The summed E-state index contributed by atoms with van der Waals surface area (Å²) < 4.78 is 3.11. The molecular weight excluding hydrogens is 266 g/mol. The zero-order valence-electron chi connectivity index (χ0n) is 9.64. The second-order valence-electron chi connectivity index (χ2n) is 4.06. The Kier molecular flexibility index (Phi) is 3.07. The number of nitrogens with zero attached hydrogens (tertiary/aromatic N) is 2. The number of thiophene rings is 1. The van der Waals surface area contributed by atoms with Crippen molar-refractivity contribution in [3.63, 3.8) is 0 Å². The smallest absolute Gasteiger partial charge is 0.0785 e. The van der Waals surface area contributed by atoms with E-state index in [4.69, 9.17) is 17.3 Å². The summed E-state index contributed by atoms with van der Waals surface area (Å²) in [6.45, 7) is 1.27. The molecule has 0 saturated heterocycles. The third-order valence-electron chi connectivity index (χ3n) is 2.89. The molecule has 0 atom stereocenters. The number of nitrogens with two attached hydrogens (primary N) is 1. The Morgan fingerprint density at radius 3 is 2.89 bits per heavy atom. The molecule has 1 aromatic carbocycles. The van der Waals surface area contributed by atoms with Crippen molar-refractivity contribution in [1.82, 2.24) is 9.78 Å². The van der Waals surface area contributed by atoms with E-state index < -0.39 is 0 Å². The molecule has 18 heavy (non-hydrogen) atoms. The summed E-state index contributed by atoms with van der Waals surface area (Å²) in [5.41, 5.74) is 7.08. The Hall–Kier alpha value is -1.36. The topological polar surface area (TPSA) is 43.8 Å². The van der Waals surface area contributed by atoms with E-state index in [1.54, 1.807) is 17.5 Å². The third kappa shape index (κ3) is 2.03. The number of benzene rings is 1. The van der Waals surface area contributed by atoms with Gasteiger partial charge >= 0.3 is 0 Å². The Morgan fingerprint density at radius 2 is 2.17 bits per heavy atom. The highest BCUT2D eigenvalue weighted by atomic mass is 35.5. The summed E-state index contributed by atoms with van der Waals surface area (Å²) in [5, 5.41) is 6.14. The highest BCUT2D eigenvalue weighted by Gasteiger charge is 2.11. The van der Waals surface area contributed by atoms with Gasteiger partial charge in [-0.3, -0.25) is 4.68 Å². The third-order valence-corrected chi connectivity index (χ3v) is 4.32. The molecule has 92 valence electrons. The zero-order valence-corrected chi connectivity index (χ0v) is 11.2. The van der Waals surface area contributed by atoms with E-state index >= 15 is 0 Å². The molecule has 0 bridgehead atoms. The van der Waals surface area contributed by atoms with Gasteiger partial charge in [-0.25, -0.2) is 0 Å². The molecule has 0 amide bonds. The lowest BCUT2D eigenvalue weighted by atomic mass is 10.1. The Labute approximate surface area is 114 Å². The summed E-state index contributed by atoms with van der Waals surface area (Å²) in [6.07, 6.45) is 3.48. The van der Waals surface area contributed by atoms with Crippen LogP contribution in [0.4, 0.5) is 0 Å². The van der Waals surface area contributed by atoms with Gasteiger partial charge in [0, 0.05) is 22.3 Å². The van der Waals surface area contributed by atoms with Gasteiger partial charge in [0.1, 0.15) is 0 Å². The van der Waals surface area contributed by atoms with Gasteiger partial charge in [-0.1, -0.05) is 29.8 Å². The van der Waals surface area contributed by atoms with Gasteiger partial charge in [-0.15, -0.1) is 11.3 Å². The summed E-state index contributed by atoms with van der Waals surface area (Å²) in [6, 6.07) is 8.35. The minimum atomic E-state index is 0.559. The molecule has 0 radical (unpaired) electrons. The van der Waals surface area contributed by atoms with Gasteiger partial charge in [0.15, 0.2) is 0 Å². The molecule has 0 aliphatic heterocycles. The number of fused-ring (bicyclic) bond motifs is 1. The van der Waals surface area contributed by atoms with Gasteiger partial charge in [0.25, 0.3) is 0 Å². The van der Waals surface area contributed by atoms with Crippen molar-refractivity contribution < 1.29 is 0 Å². The van der Waals surface area contributed by atoms with Crippen molar-refractivity contribution in [2.75, 3.05) is 0 Å². The lowest BCUT2D eigenvalue weighted by Crippen LogP contribution is -2.04. The molecule has 0 fully saturated rings. The fourth-order valence-electron chi connectivity index (χ4n) is 2.07. The van der Waals surface area contributed by atoms with Crippen LogP contribution < -0.4 is 5.73 Å². The minimum Gasteiger partial charge on any atom is -0.326 e. The summed E-state index contributed by atoms with van der Waals surface area (Å²) in [7, 11) is 0. The van der Waals surface area contributed by atoms with Crippen molar-refractivity contribution in [2.45, 2.75) is 13.1 Å². The van der Waals surface area contributed by atoms with Gasteiger partial charge in [0.2, 0.25) is 0 Å². The quantitative estimate of drug-likeness (QED) is 0.799.